The normalized spacial score (nSPS) is 12.7. The minimum atomic E-state index is -0.959. The van der Waals surface area contributed by atoms with E-state index in [1.807, 2.05) is 0 Å². The Labute approximate surface area is 85.7 Å². The molecule has 1 aromatic rings. The molecular formula is C8H13N3O4. The summed E-state index contributed by atoms with van der Waals surface area (Å²) >= 11 is 0. The summed E-state index contributed by atoms with van der Waals surface area (Å²) in [6.45, 7) is 1.82. The number of H-pyrrole nitrogens is 1. The summed E-state index contributed by atoms with van der Waals surface area (Å²) in [7, 11) is 1.49. The fourth-order valence-corrected chi connectivity index (χ4v) is 1.17. The van der Waals surface area contributed by atoms with Gasteiger partial charge in [-0.2, -0.15) is 5.10 Å². The second kappa shape index (κ2) is 4.74. The first-order chi connectivity index (χ1) is 7.06. The Morgan fingerprint density at radius 1 is 1.73 bits per heavy atom. The molecule has 0 fully saturated rings. The molecule has 7 heteroatoms. The molecule has 1 aromatic heterocycles. The summed E-state index contributed by atoms with van der Waals surface area (Å²) in [4.78, 5) is 21.6. The van der Waals surface area contributed by atoms with Gasteiger partial charge in [0.25, 0.3) is 0 Å². The molecule has 0 saturated carbocycles. The molecule has 1 unspecified atom stereocenters. The Balaban J connectivity index is 2.89. The molecule has 0 aliphatic heterocycles. The molecule has 0 radical (unpaired) electrons. The maximum Gasteiger partial charge on any atom is 0.343 e. The van der Waals surface area contributed by atoms with Crippen molar-refractivity contribution in [3.63, 3.8) is 0 Å². The van der Waals surface area contributed by atoms with Crippen LogP contribution in [0.2, 0.25) is 0 Å². The maximum atomic E-state index is 11.3. The Hall–Kier alpha value is -1.63. The number of aromatic amines is 1. The van der Waals surface area contributed by atoms with E-state index in [0.717, 1.165) is 0 Å². The van der Waals surface area contributed by atoms with E-state index >= 15 is 0 Å². The lowest BCUT2D eigenvalue weighted by Gasteiger charge is -2.09. The van der Waals surface area contributed by atoms with Crippen molar-refractivity contribution in [1.29, 1.82) is 0 Å². The number of carboxylic acid groups (broad SMARTS) is 1. The van der Waals surface area contributed by atoms with Gasteiger partial charge in [0, 0.05) is 13.7 Å². The average Bonchev–Trinajstić information content (AvgIpc) is 2.55. The molecule has 1 rings (SSSR count). The summed E-state index contributed by atoms with van der Waals surface area (Å²) in [5, 5.41) is 14.5. The Kier molecular flexibility index (Phi) is 3.62. The standard InChI is InChI=1S/C8H13N3O4/c1-5(15-2)7-9-10-8(14)11(7)4-3-6(12)13/h5H,3-4H2,1-2H3,(H,10,14)(H,12,13). The number of hydrogen-bond acceptors (Lipinski definition) is 4. The lowest BCUT2D eigenvalue weighted by Crippen LogP contribution is -2.21. The maximum absolute atomic E-state index is 11.3. The van der Waals surface area contributed by atoms with Gasteiger partial charge in [0.05, 0.1) is 6.42 Å². The molecule has 7 nitrogen and oxygen atoms in total. The third-order valence-corrected chi connectivity index (χ3v) is 2.05. The van der Waals surface area contributed by atoms with Crippen LogP contribution in [-0.2, 0) is 16.1 Å². The number of aromatic nitrogens is 3. The van der Waals surface area contributed by atoms with E-state index < -0.39 is 11.7 Å². The lowest BCUT2D eigenvalue weighted by molar-refractivity contribution is -0.137. The number of carbonyl (C=O) groups is 1. The number of carboxylic acids is 1. The van der Waals surface area contributed by atoms with Crippen LogP contribution in [0.4, 0.5) is 0 Å². The van der Waals surface area contributed by atoms with Gasteiger partial charge in [-0.15, -0.1) is 0 Å². The Morgan fingerprint density at radius 3 is 2.93 bits per heavy atom. The zero-order chi connectivity index (χ0) is 11.4. The summed E-state index contributed by atoms with van der Waals surface area (Å²) in [5.41, 5.74) is -0.421. The van der Waals surface area contributed by atoms with E-state index in [1.165, 1.54) is 11.7 Å². The summed E-state index contributed by atoms with van der Waals surface area (Å²) in [5.74, 6) is -0.553. The smallest absolute Gasteiger partial charge is 0.343 e. The number of hydrogen-bond donors (Lipinski definition) is 2. The highest BCUT2D eigenvalue weighted by atomic mass is 16.5. The Morgan fingerprint density at radius 2 is 2.40 bits per heavy atom. The molecule has 2 N–H and O–H groups in total. The predicted molar refractivity (Wildman–Crippen MR) is 50.5 cm³/mol. The van der Waals surface area contributed by atoms with Crippen LogP contribution in [0.15, 0.2) is 4.79 Å². The first-order valence-electron chi connectivity index (χ1n) is 4.46. The molecule has 15 heavy (non-hydrogen) atoms. The average molecular weight is 215 g/mol. The van der Waals surface area contributed by atoms with E-state index in [0.29, 0.717) is 5.82 Å². The summed E-state index contributed by atoms with van der Waals surface area (Å²) in [6, 6.07) is 0. The molecule has 0 aromatic carbocycles. The van der Waals surface area contributed by atoms with Crippen LogP contribution in [0.5, 0.6) is 0 Å². The number of methoxy groups -OCH3 is 1. The second-order valence-electron chi connectivity index (χ2n) is 3.06. The van der Waals surface area contributed by atoms with Crippen molar-refractivity contribution in [2.45, 2.75) is 26.0 Å². The SMILES string of the molecule is COC(C)c1n[nH]c(=O)n1CCC(=O)O. The topological polar surface area (TPSA) is 97.2 Å². The largest absolute Gasteiger partial charge is 0.481 e. The van der Waals surface area contributed by atoms with Crippen LogP contribution < -0.4 is 5.69 Å². The first-order valence-corrected chi connectivity index (χ1v) is 4.46. The van der Waals surface area contributed by atoms with Crippen LogP contribution in [0.25, 0.3) is 0 Å². The fourth-order valence-electron chi connectivity index (χ4n) is 1.17. The predicted octanol–water partition coefficient (Wildman–Crippen LogP) is -0.247. The molecular weight excluding hydrogens is 202 g/mol. The fraction of sp³-hybridized carbons (Fsp3) is 0.625. The van der Waals surface area contributed by atoms with Crippen molar-refractivity contribution in [2.75, 3.05) is 7.11 Å². The van der Waals surface area contributed by atoms with E-state index in [1.54, 1.807) is 6.92 Å². The lowest BCUT2D eigenvalue weighted by atomic mass is 10.3. The summed E-state index contributed by atoms with van der Waals surface area (Å²) < 4.78 is 6.27. The van der Waals surface area contributed by atoms with Crippen molar-refractivity contribution in [1.82, 2.24) is 14.8 Å². The van der Waals surface area contributed by atoms with Gasteiger partial charge in [0.15, 0.2) is 5.82 Å². The Bertz CT molecular complexity index is 395. The van der Waals surface area contributed by atoms with Crippen molar-refractivity contribution in [2.24, 2.45) is 0 Å². The van der Waals surface area contributed by atoms with E-state index in [2.05, 4.69) is 10.2 Å². The zero-order valence-corrected chi connectivity index (χ0v) is 8.56. The molecule has 0 aliphatic rings. The molecule has 1 atom stereocenters. The highest BCUT2D eigenvalue weighted by Gasteiger charge is 2.15. The van der Waals surface area contributed by atoms with Crippen molar-refractivity contribution in [3.8, 4) is 0 Å². The highest BCUT2D eigenvalue weighted by molar-refractivity contribution is 5.66. The third-order valence-electron chi connectivity index (χ3n) is 2.05. The minimum Gasteiger partial charge on any atom is -0.481 e. The van der Waals surface area contributed by atoms with Crippen molar-refractivity contribution < 1.29 is 14.6 Å². The van der Waals surface area contributed by atoms with Crippen LogP contribution in [0.1, 0.15) is 25.3 Å². The molecule has 0 bridgehead atoms. The monoisotopic (exact) mass is 215 g/mol. The number of nitrogens with one attached hydrogen (secondary N) is 1. The molecule has 0 aliphatic carbocycles. The number of aliphatic carboxylic acids is 1. The van der Waals surface area contributed by atoms with Crippen molar-refractivity contribution in [3.05, 3.63) is 16.3 Å². The van der Waals surface area contributed by atoms with Gasteiger partial charge in [-0.3, -0.25) is 9.36 Å². The zero-order valence-electron chi connectivity index (χ0n) is 8.56. The molecule has 0 spiro atoms. The van der Waals surface area contributed by atoms with Gasteiger partial charge in [-0.1, -0.05) is 0 Å². The van der Waals surface area contributed by atoms with E-state index in [-0.39, 0.29) is 19.1 Å². The number of nitrogens with zero attached hydrogens (tertiary/aromatic N) is 2. The van der Waals surface area contributed by atoms with Gasteiger partial charge in [0.1, 0.15) is 6.10 Å². The van der Waals surface area contributed by atoms with Gasteiger partial charge < -0.3 is 9.84 Å². The number of ether oxygens (including phenoxy) is 1. The molecule has 84 valence electrons. The third kappa shape index (κ3) is 2.66. The molecule has 0 saturated heterocycles. The van der Waals surface area contributed by atoms with E-state index in [4.69, 9.17) is 9.84 Å². The van der Waals surface area contributed by atoms with Gasteiger partial charge in [0.2, 0.25) is 0 Å². The van der Waals surface area contributed by atoms with Crippen LogP contribution >= 0.6 is 0 Å². The first kappa shape index (κ1) is 11.4. The van der Waals surface area contributed by atoms with Gasteiger partial charge in [-0.25, -0.2) is 9.89 Å². The van der Waals surface area contributed by atoms with Gasteiger partial charge in [-0.05, 0) is 6.92 Å². The van der Waals surface area contributed by atoms with Crippen LogP contribution in [-0.4, -0.2) is 33.0 Å². The second-order valence-corrected chi connectivity index (χ2v) is 3.06. The quantitative estimate of drug-likeness (QED) is 0.706. The number of rotatable bonds is 5. The van der Waals surface area contributed by atoms with Crippen LogP contribution in [0.3, 0.4) is 0 Å². The van der Waals surface area contributed by atoms with E-state index in [9.17, 15) is 9.59 Å². The summed E-state index contributed by atoms with van der Waals surface area (Å²) in [6.07, 6.45) is -0.471. The molecule has 0 amide bonds. The highest BCUT2D eigenvalue weighted by Crippen LogP contribution is 2.10. The van der Waals surface area contributed by atoms with Crippen LogP contribution in [0, 0.1) is 0 Å². The minimum absolute atomic E-state index is 0.0910. The van der Waals surface area contributed by atoms with Gasteiger partial charge >= 0.3 is 11.7 Å². The molecule has 1 heterocycles. The van der Waals surface area contributed by atoms with Crippen molar-refractivity contribution >= 4 is 5.97 Å².